The SMILES string of the molecule is CC(=O)NCCn1nc([C@H]2CCN(C(=O)[C@@H]3CCCCO3)C2)c2nccnc21. The van der Waals surface area contributed by atoms with Gasteiger partial charge in [-0.1, -0.05) is 0 Å². The van der Waals surface area contributed by atoms with Crippen LogP contribution in [0.1, 0.15) is 44.2 Å². The van der Waals surface area contributed by atoms with Gasteiger partial charge in [0.1, 0.15) is 11.6 Å². The summed E-state index contributed by atoms with van der Waals surface area (Å²) in [5.74, 6) is 0.161. The Morgan fingerprint density at radius 1 is 1.25 bits per heavy atom. The summed E-state index contributed by atoms with van der Waals surface area (Å²) in [6.45, 7) is 4.52. The topological polar surface area (TPSA) is 102 Å². The minimum absolute atomic E-state index is 0.0716. The predicted octanol–water partition coefficient (Wildman–Crippen LogP) is 0.847. The summed E-state index contributed by atoms with van der Waals surface area (Å²) < 4.78 is 7.46. The molecule has 0 aliphatic carbocycles. The van der Waals surface area contributed by atoms with Crippen LogP contribution >= 0.6 is 0 Å². The van der Waals surface area contributed by atoms with Gasteiger partial charge in [0.25, 0.3) is 5.91 Å². The molecule has 0 spiro atoms. The fraction of sp³-hybridized carbons (Fsp3) is 0.632. The summed E-state index contributed by atoms with van der Waals surface area (Å²) in [4.78, 5) is 34.7. The number of carbonyl (C=O) groups excluding carboxylic acids is 2. The van der Waals surface area contributed by atoms with E-state index < -0.39 is 0 Å². The number of fused-ring (bicyclic) bond motifs is 1. The molecule has 9 heteroatoms. The van der Waals surface area contributed by atoms with Crippen LogP contribution in [0.3, 0.4) is 0 Å². The lowest BCUT2D eigenvalue weighted by atomic mass is 10.0. The van der Waals surface area contributed by atoms with E-state index in [-0.39, 0.29) is 23.8 Å². The highest BCUT2D eigenvalue weighted by atomic mass is 16.5. The monoisotopic (exact) mass is 386 g/mol. The second-order valence-electron chi connectivity index (χ2n) is 7.44. The maximum atomic E-state index is 12.8. The second-order valence-corrected chi connectivity index (χ2v) is 7.44. The van der Waals surface area contributed by atoms with Crippen molar-refractivity contribution in [3.05, 3.63) is 18.1 Å². The van der Waals surface area contributed by atoms with Crippen molar-refractivity contribution in [2.24, 2.45) is 0 Å². The number of amides is 2. The number of nitrogens with one attached hydrogen (secondary N) is 1. The summed E-state index contributed by atoms with van der Waals surface area (Å²) in [5, 5.41) is 7.53. The third-order valence-corrected chi connectivity index (χ3v) is 5.43. The van der Waals surface area contributed by atoms with E-state index >= 15 is 0 Å². The zero-order chi connectivity index (χ0) is 19.5. The van der Waals surface area contributed by atoms with Gasteiger partial charge in [0.2, 0.25) is 5.91 Å². The lowest BCUT2D eigenvalue weighted by Crippen LogP contribution is -2.40. The molecule has 0 radical (unpaired) electrons. The average molecular weight is 386 g/mol. The van der Waals surface area contributed by atoms with E-state index in [1.165, 1.54) is 6.92 Å². The van der Waals surface area contributed by atoms with Gasteiger partial charge < -0.3 is 15.0 Å². The van der Waals surface area contributed by atoms with Crippen molar-refractivity contribution in [2.45, 2.75) is 51.2 Å². The Balaban J connectivity index is 1.49. The maximum Gasteiger partial charge on any atom is 0.251 e. The van der Waals surface area contributed by atoms with Gasteiger partial charge in [0.15, 0.2) is 5.65 Å². The molecule has 1 N–H and O–H groups in total. The molecule has 2 fully saturated rings. The molecule has 0 saturated carbocycles. The molecule has 0 aromatic carbocycles. The number of hydrogen-bond donors (Lipinski definition) is 1. The molecule has 2 saturated heterocycles. The van der Waals surface area contributed by atoms with Crippen molar-refractivity contribution < 1.29 is 14.3 Å². The zero-order valence-electron chi connectivity index (χ0n) is 16.1. The van der Waals surface area contributed by atoms with Gasteiger partial charge in [-0.15, -0.1) is 0 Å². The zero-order valence-corrected chi connectivity index (χ0v) is 16.1. The van der Waals surface area contributed by atoms with E-state index in [4.69, 9.17) is 9.84 Å². The van der Waals surface area contributed by atoms with Crippen molar-refractivity contribution in [2.75, 3.05) is 26.2 Å². The minimum Gasteiger partial charge on any atom is -0.368 e. The summed E-state index contributed by atoms with van der Waals surface area (Å²) in [5.41, 5.74) is 2.37. The number of aromatic nitrogens is 4. The van der Waals surface area contributed by atoms with Crippen LogP contribution in [0.5, 0.6) is 0 Å². The first-order valence-corrected chi connectivity index (χ1v) is 9.95. The van der Waals surface area contributed by atoms with Gasteiger partial charge in [-0.05, 0) is 25.7 Å². The molecule has 2 aromatic heterocycles. The molecule has 9 nitrogen and oxygen atoms in total. The van der Waals surface area contributed by atoms with Crippen LogP contribution in [-0.4, -0.2) is 68.8 Å². The molecule has 2 aliphatic heterocycles. The Labute approximate surface area is 163 Å². The van der Waals surface area contributed by atoms with Crippen molar-refractivity contribution in [1.29, 1.82) is 0 Å². The largest absolute Gasteiger partial charge is 0.368 e. The van der Waals surface area contributed by atoms with Gasteiger partial charge in [-0.3, -0.25) is 9.59 Å². The molecule has 150 valence electrons. The predicted molar refractivity (Wildman–Crippen MR) is 102 cm³/mol. The van der Waals surface area contributed by atoms with Gasteiger partial charge in [-0.25, -0.2) is 14.6 Å². The Morgan fingerprint density at radius 2 is 2.11 bits per heavy atom. The third kappa shape index (κ3) is 3.84. The quantitative estimate of drug-likeness (QED) is 0.817. The van der Waals surface area contributed by atoms with Crippen LogP contribution in [-0.2, 0) is 20.9 Å². The molecule has 2 aliphatic rings. The number of ether oxygens (including phenoxy) is 1. The molecule has 2 amide bonds. The normalized spacial score (nSPS) is 22.5. The molecule has 28 heavy (non-hydrogen) atoms. The molecule has 0 bridgehead atoms. The molecule has 2 atom stereocenters. The van der Waals surface area contributed by atoms with E-state index in [9.17, 15) is 9.59 Å². The lowest BCUT2D eigenvalue weighted by Gasteiger charge is -2.26. The first-order chi connectivity index (χ1) is 13.6. The highest BCUT2D eigenvalue weighted by molar-refractivity contribution is 5.81. The van der Waals surface area contributed by atoms with Crippen molar-refractivity contribution >= 4 is 23.0 Å². The molecule has 4 heterocycles. The van der Waals surface area contributed by atoms with Crippen LogP contribution in [0.15, 0.2) is 12.4 Å². The standard InChI is InChI=1S/C19H26N6O3/c1-13(26)20-8-10-25-18-17(21-6-7-22-18)16(23-25)14-5-9-24(12-14)19(27)15-4-2-3-11-28-15/h6-7,14-15H,2-5,8-12H2,1H3,(H,20,26)/t14-,15-/m0/s1. The smallest absolute Gasteiger partial charge is 0.251 e. The number of carbonyl (C=O) groups is 2. The van der Waals surface area contributed by atoms with Gasteiger partial charge in [0.05, 0.1) is 12.2 Å². The van der Waals surface area contributed by atoms with Crippen LogP contribution in [0.2, 0.25) is 0 Å². The van der Waals surface area contributed by atoms with Crippen molar-refractivity contribution in [3.63, 3.8) is 0 Å². The first kappa shape index (κ1) is 18.8. The first-order valence-electron chi connectivity index (χ1n) is 9.95. The van der Waals surface area contributed by atoms with E-state index in [1.807, 2.05) is 4.90 Å². The number of likely N-dealkylation sites (tertiary alicyclic amines) is 1. The maximum absolute atomic E-state index is 12.8. The van der Waals surface area contributed by atoms with Crippen molar-refractivity contribution in [3.8, 4) is 0 Å². The molecule has 2 aromatic rings. The van der Waals surface area contributed by atoms with E-state index in [1.54, 1.807) is 17.1 Å². The van der Waals surface area contributed by atoms with Crippen molar-refractivity contribution in [1.82, 2.24) is 30.0 Å². The van der Waals surface area contributed by atoms with Crippen LogP contribution in [0, 0.1) is 0 Å². The second kappa shape index (κ2) is 8.22. The third-order valence-electron chi connectivity index (χ3n) is 5.43. The fourth-order valence-electron chi connectivity index (χ4n) is 4.02. The molecule has 0 unspecified atom stereocenters. The fourth-order valence-corrected chi connectivity index (χ4v) is 4.02. The summed E-state index contributed by atoms with van der Waals surface area (Å²) in [6, 6.07) is 0. The summed E-state index contributed by atoms with van der Waals surface area (Å²) in [7, 11) is 0. The molecular weight excluding hydrogens is 360 g/mol. The molecule has 4 rings (SSSR count). The Morgan fingerprint density at radius 3 is 2.89 bits per heavy atom. The summed E-state index contributed by atoms with van der Waals surface area (Å²) in [6.07, 6.45) is 6.77. The minimum atomic E-state index is -0.292. The van der Waals surface area contributed by atoms with E-state index in [2.05, 4.69) is 15.3 Å². The summed E-state index contributed by atoms with van der Waals surface area (Å²) >= 11 is 0. The number of nitrogens with zero attached hydrogens (tertiary/aromatic N) is 5. The van der Waals surface area contributed by atoms with E-state index in [0.29, 0.717) is 38.4 Å². The van der Waals surface area contributed by atoms with Gasteiger partial charge in [-0.2, -0.15) is 5.10 Å². The number of rotatable bonds is 5. The van der Waals surface area contributed by atoms with Gasteiger partial charge in [0, 0.05) is 51.5 Å². The van der Waals surface area contributed by atoms with Crippen LogP contribution in [0.4, 0.5) is 0 Å². The average Bonchev–Trinajstić information content (AvgIpc) is 3.33. The Hall–Kier alpha value is -2.55. The van der Waals surface area contributed by atoms with Crippen LogP contribution < -0.4 is 5.32 Å². The Bertz CT molecular complexity index is 860. The lowest BCUT2D eigenvalue weighted by molar-refractivity contribution is -0.145. The van der Waals surface area contributed by atoms with Gasteiger partial charge >= 0.3 is 0 Å². The number of hydrogen-bond acceptors (Lipinski definition) is 6. The highest BCUT2D eigenvalue weighted by Crippen LogP contribution is 2.31. The van der Waals surface area contributed by atoms with Crippen LogP contribution in [0.25, 0.3) is 11.2 Å². The molecular formula is C19H26N6O3. The van der Waals surface area contributed by atoms with E-state index in [0.717, 1.165) is 36.9 Å². The highest BCUT2D eigenvalue weighted by Gasteiger charge is 2.35. The Kier molecular flexibility index (Phi) is 5.52.